The van der Waals surface area contributed by atoms with Gasteiger partial charge in [0.25, 0.3) is 0 Å². The first-order chi connectivity index (χ1) is 9.33. The molecule has 0 saturated carbocycles. The largest absolute Gasteiger partial charge is 0.337 e. The van der Waals surface area contributed by atoms with E-state index in [-0.39, 0.29) is 24.8 Å². The Kier molecular flexibility index (Phi) is 7.53. The van der Waals surface area contributed by atoms with Gasteiger partial charge in [0.15, 0.2) is 0 Å². The van der Waals surface area contributed by atoms with E-state index >= 15 is 0 Å². The molecule has 0 fully saturated rings. The number of nitrogens with zero attached hydrogens (tertiary/aromatic N) is 2. The smallest absolute Gasteiger partial charge is 0.0945 e. The van der Waals surface area contributed by atoms with Gasteiger partial charge < -0.3 is 9.88 Å². The fourth-order valence-corrected chi connectivity index (χ4v) is 2.95. The van der Waals surface area contributed by atoms with E-state index in [9.17, 15) is 0 Å². The number of aromatic nitrogens is 2. The van der Waals surface area contributed by atoms with Gasteiger partial charge in [-0.25, -0.2) is 4.98 Å². The van der Waals surface area contributed by atoms with Crippen LogP contribution < -0.4 is 5.32 Å². The van der Waals surface area contributed by atoms with Crippen molar-refractivity contribution in [3.8, 4) is 0 Å². The van der Waals surface area contributed by atoms with E-state index in [1.807, 2.05) is 24.8 Å². The zero-order valence-electron chi connectivity index (χ0n) is 11.7. The molecule has 0 spiro atoms. The monoisotopic (exact) mass is 347 g/mol. The van der Waals surface area contributed by atoms with Crippen LogP contribution in [0.1, 0.15) is 30.0 Å². The van der Waals surface area contributed by atoms with Crippen molar-refractivity contribution in [3.05, 3.63) is 53.1 Å². The maximum atomic E-state index is 6.03. The molecule has 1 heterocycles. The average molecular weight is 349 g/mol. The van der Waals surface area contributed by atoms with Crippen molar-refractivity contribution < 1.29 is 0 Å². The van der Waals surface area contributed by atoms with E-state index < -0.39 is 0 Å². The van der Waals surface area contributed by atoms with Crippen molar-refractivity contribution in [1.29, 1.82) is 0 Å². The summed E-state index contributed by atoms with van der Waals surface area (Å²) < 4.78 is 2.12. The van der Waals surface area contributed by atoms with Crippen molar-refractivity contribution in [2.75, 3.05) is 6.54 Å². The number of benzene rings is 1. The van der Waals surface area contributed by atoms with Gasteiger partial charge in [-0.1, -0.05) is 17.7 Å². The van der Waals surface area contributed by atoms with Gasteiger partial charge in [-0.05, 0) is 49.1 Å². The summed E-state index contributed by atoms with van der Waals surface area (Å²) in [6.07, 6.45) is 9.13. The number of hydrogen-bond acceptors (Lipinski definition) is 2. The molecule has 1 aromatic carbocycles. The molecule has 0 radical (unpaired) electrons. The first-order valence-corrected chi connectivity index (χ1v) is 7.18. The summed E-state index contributed by atoms with van der Waals surface area (Å²) in [7, 11) is 0. The fraction of sp³-hybridized carbons (Fsp3) is 0.400. The first kappa shape index (κ1) is 18.3. The quantitative estimate of drug-likeness (QED) is 0.826. The van der Waals surface area contributed by atoms with Crippen LogP contribution in [0.2, 0.25) is 5.02 Å². The molecule has 1 unspecified atom stereocenters. The maximum absolute atomic E-state index is 6.03. The Balaban J connectivity index is 0.00000110. The molecule has 1 aliphatic carbocycles. The van der Waals surface area contributed by atoms with Gasteiger partial charge in [0.2, 0.25) is 0 Å². The summed E-state index contributed by atoms with van der Waals surface area (Å²) in [5, 5.41) is 4.49. The predicted octanol–water partition coefficient (Wildman–Crippen LogP) is 4.05. The second kappa shape index (κ2) is 8.64. The Hall–Kier alpha value is -0.740. The van der Waals surface area contributed by atoms with Gasteiger partial charge in [0.1, 0.15) is 0 Å². The van der Waals surface area contributed by atoms with Crippen LogP contribution in [0.15, 0.2) is 36.9 Å². The minimum atomic E-state index is 0. The van der Waals surface area contributed by atoms with E-state index in [0.29, 0.717) is 6.04 Å². The number of rotatable bonds is 5. The Labute approximate surface area is 142 Å². The molecule has 0 bridgehead atoms. The SMILES string of the molecule is Cl.Cl.Clc1ccc2c(c1)CCC2NCCCn1ccnc1. The molecule has 0 saturated heterocycles. The lowest BCUT2D eigenvalue weighted by Crippen LogP contribution is -2.21. The Bertz CT molecular complexity index is 543. The van der Waals surface area contributed by atoms with Crippen molar-refractivity contribution in [3.63, 3.8) is 0 Å². The molecular weight excluding hydrogens is 329 g/mol. The van der Waals surface area contributed by atoms with Crippen molar-refractivity contribution in [2.45, 2.75) is 31.8 Å². The summed E-state index contributed by atoms with van der Waals surface area (Å²) in [5.74, 6) is 0. The van der Waals surface area contributed by atoms with E-state index in [1.165, 1.54) is 17.5 Å². The van der Waals surface area contributed by atoms with Gasteiger partial charge in [-0.15, -0.1) is 24.8 Å². The van der Waals surface area contributed by atoms with Gasteiger partial charge in [-0.2, -0.15) is 0 Å². The molecule has 3 nitrogen and oxygen atoms in total. The molecule has 2 aromatic rings. The summed E-state index contributed by atoms with van der Waals surface area (Å²) in [5.41, 5.74) is 2.83. The average Bonchev–Trinajstić information content (AvgIpc) is 3.03. The zero-order chi connectivity index (χ0) is 13.1. The molecule has 3 rings (SSSR count). The topological polar surface area (TPSA) is 29.9 Å². The fourth-order valence-electron chi connectivity index (χ4n) is 2.76. The normalized spacial score (nSPS) is 16.0. The molecule has 1 atom stereocenters. The summed E-state index contributed by atoms with van der Waals surface area (Å²) in [4.78, 5) is 4.05. The predicted molar refractivity (Wildman–Crippen MR) is 91.9 cm³/mol. The van der Waals surface area contributed by atoms with Crippen LogP contribution >= 0.6 is 36.4 Å². The molecule has 6 heteroatoms. The number of nitrogens with one attached hydrogen (secondary N) is 1. The van der Waals surface area contributed by atoms with Crippen molar-refractivity contribution in [2.24, 2.45) is 0 Å². The molecule has 116 valence electrons. The molecule has 0 amide bonds. The number of halogens is 3. The summed E-state index contributed by atoms with van der Waals surface area (Å²) >= 11 is 6.03. The van der Waals surface area contributed by atoms with Crippen LogP contribution in [0, 0.1) is 0 Å². The molecular formula is C15H20Cl3N3. The lowest BCUT2D eigenvalue weighted by molar-refractivity contribution is 0.499. The Morgan fingerprint density at radius 2 is 2.19 bits per heavy atom. The maximum Gasteiger partial charge on any atom is 0.0945 e. The third-order valence-corrected chi connectivity index (χ3v) is 3.96. The van der Waals surface area contributed by atoms with E-state index in [2.05, 4.69) is 27.0 Å². The number of aryl methyl sites for hydroxylation is 2. The van der Waals surface area contributed by atoms with Crippen molar-refractivity contribution >= 4 is 36.4 Å². The van der Waals surface area contributed by atoms with Crippen LogP contribution in [-0.4, -0.2) is 16.1 Å². The highest BCUT2D eigenvalue weighted by molar-refractivity contribution is 6.30. The van der Waals surface area contributed by atoms with E-state index in [4.69, 9.17) is 11.6 Å². The molecule has 21 heavy (non-hydrogen) atoms. The highest BCUT2D eigenvalue weighted by Gasteiger charge is 2.21. The lowest BCUT2D eigenvalue weighted by Gasteiger charge is -2.14. The van der Waals surface area contributed by atoms with Crippen LogP contribution in [0.5, 0.6) is 0 Å². The first-order valence-electron chi connectivity index (χ1n) is 6.80. The molecule has 1 N–H and O–H groups in total. The van der Waals surface area contributed by atoms with Crippen LogP contribution in [0.25, 0.3) is 0 Å². The molecule has 1 aromatic heterocycles. The molecule has 0 aliphatic heterocycles. The zero-order valence-corrected chi connectivity index (χ0v) is 14.1. The second-order valence-corrected chi connectivity index (χ2v) is 5.48. The number of fused-ring (bicyclic) bond motifs is 1. The highest BCUT2D eigenvalue weighted by atomic mass is 35.5. The Morgan fingerprint density at radius 3 is 2.95 bits per heavy atom. The van der Waals surface area contributed by atoms with Crippen LogP contribution in [-0.2, 0) is 13.0 Å². The van der Waals surface area contributed by atoms with Crippen LogP contribution in [0.4, 0.5) is 0 Å². The summed E-state index contributed by atoms with van der Waals surface area (Å²) in [6, 6.07) is 6.75. The third kappa shape index (κ3) is 4.62. The van der Waals surface area contributed by atoms with Gasteiger partial charge in [0.05, 0.1) is 6.33 Å². The standard InChI is InChI=1S/C15H18ClN3.2ClH/c16-13-3-4-14-12(10-13)2-5-15(14)18-6-1-8-19-9-7-17-11-19;;/h3-4,7,9-11,15,18H,1-2,5-6,8H2;2*1H. The highest BCUT2D eigenvalue weighted by Crippen LogP contribution is 2.32. The second-order valence-electron chi connectivity index (χ2n) is 5.04. The Morgan fingerprint density at radius 1 is 1.33 bits per heavy atom. The van der Waals surface area contributed by atoms with E-state index in [0.717, 1.165) is 31.0 Å². The van der Waals surface area contributed by atoms with Gasteiger partial charge in [0, 0.05) is 30.0 Å². The lowest BCUT2D eigenvalue weighted by atomic mass is 10.1. The minimum Gasteiger partial charge on any atom is -0.337 e. The molecule has 1 aliphatic rings. The third-order valence-electron chi connectivity index (χ3n) is 3.73. The number of hydrogen-bond donors (Lipinski definition) is 1. The minimum absolute atomic E-state index is 0. The summed E-state index contributed by atoms with van der Waals surface area (Å²) in [6.45, 7) is 2.05. The van der Waals surface area contributed by atoms with Crippen LogP contribution in [0.3, 0.4) is 0 Å². The van der Waals surface area contributed by atoms with Gasteiger partial charge in [-0.3, -0.25) is 0 Å². The number of imidazole rings is 1. The van der Waals surface area contributed by atoms with E-state index in [1.54, 1.807) is 0 Å². The van der Waals surface area contributed by atoms with Gasteiger partial charge >= 0.3 is 0 Å². The van der Waals surface area contributed by atoms with Crippen molar-refractivity contribution in [1.82, 2.24) is 14.9 Å².